The fourth-order valence-electron chi connectivity index (χ4n) is 0.828. The Balaban J connectivity index is 2.94. The standard InChI is InChI=1S/C8H14N4O3S/c1-8(2,16(3,14)15)7(13)11-6-5(9)4-10-12-6/h4H,9H2,1-3H3,(H2,10,11,12,13). The van der Waals surface area contributed by atoms with E-state index >= 15 is 0 Å². The third-order valence-corrected chi connectivity index (χ3v) is 4.42. The Bertz CT molecular complexity index is 503. The minimum Gasteiger partial charge on any atom is -0.394 e. The van der Waals surface area contributed by atoms with Crippen molar-refractivity contribution in [1.82, 2.24) is 10.2 Å². The van der Waals surface area contributed by atoms with Gasteiger partial charge in [-0.1, -0.05) is 0 Å². The summed E-state index contributed by atoms with van der Waals surface area (Å²) in [7, 11) is -3.50. The number of anilines is 2. The Kier molecular flexibility index (Phi) is 2.95. The predicted molar refractivity (Wildman–Crippen MR) is 60.6 cm³/mol. The van der Waals surface area contributed by atoms with Gasteiger partial charge in [-0.25, -0.2) is 8.42 Å². The van der Waals surface area contributed by atoms with E-state index < -0.39 is 20.5 Å². The van der Waals surface area contributed by atoms with E-state index in [4.69, 9.17) is 5.73 Å². The zero-order chi connectivity index (χ0) is 12.6. The number of carbonyl (C=O) groups is 1. The molecule has 0 aromatic carbocycles. The monoisotopic (exact) mass is 246 g/mol. The highest BCUT2D eigenvalue weighted by atomic mass is 32.2. The van der Waals surface area contributed by atoms with Gasteiger partial charge in [0.1, 0.15) is 4.75 Å². The van der Waals surface area contributed by atoms with Crippen LogP contribution in [0.1, 0.15) is 13.8 Å². The van der Waals surface area contributed by atoms with E-state index in [2.05, 4.69) is 15.5 Å². The molecule has 0 unspecified atom stereocenters. The molecule has 0 saturated carbocycles. The van der Waals surface area contributed by atoms with E-state index in [9.17, 15) is 13.2 Å². The fourth-order valence-corrected chi connectivity index (χ4v) is 1.22. The number of nitrogens with one attached hydrogen (secondary N) is 2. The maximum atomic E-state index is 11.7. The molecule has 0 aliphatic carbocycles. The second-order valence-electron chi connectivity index (χ2n) is 3.94. The molecule has 1 amide bonds. The number of sulfone groups is 1. The molecule has 7 nitrogen and oxygen atoms in total. The average Bonchev–Trinajstić information content (AvgIpc) is 2.49. The number of hydrogen-bond donors (Lipinski definition) is 3. The number of aromatic nitrogens is 2. The maximum absolute atomic E-state index is 11.7. The van der Waals surface area contributed by atoms with Crippen molar-refractivity contribution in [2.45, 2.75) is 18.6 Å². The van der Waals surface area contributed by atoms with Gasteiger partial charge in [0, 0.05) is 6.26 Å². The largest absolute Gasteiger partial charge is 0.394 e. The number of aromatic amines is 1. The molecule has 0 fully saturated rings. The topological polar surface area (TPSA) is 118 Å². The lowest BCUT2D eigenvalue weighted by Crippen LogP contribution is -2.44. The average molecular weight is 246 g/mol. The molecule has 0 radical (unpaired) electrons. The van der Waals surface area contributed by atoms with E-state index in [1.165, 1.54) is 20.0 Å². The van der Waals surface area contributed by atoms with Crippen molar-refractivity contribution in [1.29, 1.82) is 0 Å². The van der Waals surface area contributed by atoms with Gasteiger partial charge in [-0.2, -0.15) is 5.10 Å². The molecule has 0 atom stereocenters. The first-order valence-electron chi connectivity index (χ1n) is 4.46. The van der Waals surface area contributed by atoms with Crippen LogP contribution in [0.5, 0.6) is 0 Å². The normalized spacial score (nSPS) is 12.4. The third kappa shape index (κ3) is 2.16. The molecule has 1 heterocycles. The van der Waals surface area contributed by atoms with E-state index in [0.717, 1.165) is 6.26 Å². The summed E-state index contributed by atoms with van der Waals surface area (Å²) in [6, 6.07) is 0. The van der Waals surface area contributed by atoms with E-state index in [-0.39, 0.29) is 11.5 Å². The molecule has 1 aromatic heterocycles. The van der Waals surface area contributed by atoms with E-state index in [0.29, 0.717) is 0 Å². The fraction of sp³-hybridized carbons (Fsp3) is 0.500. The lowest BCUT2D eigenvalue weighted by Gasteiger charge is -2.20. The summed E-state index contributed by atoms with van der Waals surface area (Å²) in [6.45, 7) is 2.65. The first-order valence-corrected chi connectivity index (χ1v) is 6.35. The smallest absolute Gasteiger partial charge is 0.246 e. The van der Waals surface area contributed by atoms with Gasteiger partial charge in [0.25, 0.3) is 0 Å². The Hall–Kier alpha value is -1.57. The molecule has 90 valence electrons. The van der Waals surface area contributed by atoms with Gasteiger partial charge in [0.05, 0.1) is 11.9 Å². The first-order chi connectivity index (χ1) is 7.16. The van der Waals surface area contributed by atoms with Crippen molar-refractivity contribution in [2.75, 3.05) is 17.3 Å². The number of amides is 1. The van der Waals surface area contributed by atoms with Crippen LogP contribution in [-0.4, -0.2) is 35.5 Å². The van der Waals surface area contributed by atoms with Crippen LogP contribution < -0.4 is 11.1 Å². The molecule has 8 heteroatoms. The van der Waals surface area contributed by atoms with Crippen LogP contribution in [0.2, 0.25) is 0 Å². The van der Waals surface area contributed by atoms with E-state index in [1.807, 2.05) is 0 Å². The van der Waals surface area contributed by atoms with Crippen LogP contribution >= 0.6 is 0 Å². The number of rotatable bonds is 3. The number of H-pyrrole nitrogens is 1. The highest BCUT2D eigenvalue weighted by Crippen LogP contribution is 2.20. The van der Waals surface area contributed by atoms with Crippen LogP contribution in [0.25, 0.3) is 0 Å². The Morgan fingerprint density at radius 1 is 1.56 bits per heavy atom. The van der Waals surface area contributed by atoms with Gasteiger partial charge in [-0.15, -0.1) is 0 Å². The zero-order valence-electron chi connectivity index (χ0n) is 9.23. The summed E-state index contributed by atoms with van der Waals surface area (Å²) in [5.41, 5.74) is 5.73. The number of nitrogens with zero attached hydrogens (tertiary/aromatic N) is 1. The highest BCUT2D eigenvalue weighted by Gasteiger charge is 2.38. The van der Waals surface area contributed by atoms with Gasteiger partial charge in [0.15, 0.2) is 15.7 Å². The summed E-state index contributed by atoms with van der Waals surface area (Å²) in [5, 5.41) is 8.44. The number of nitrogen functional groups attached to an aromatic ring is 1. The van der Waals surface area contributed by atoms with Crippen molar-refractivity contribution in [2.24, 2.45) is 0 Å². The molecule has 4 N–H and O–H groups in total. The molecule has 0 saturated heterocycles. The second-order valence-corrected chi connectivity index (χ2v) is 6.50. The molecule has 0 aliphatic rings. The lowest BCUT2D eigenvalue weighted by molar-refractivity contribution is -0.117. The van der Waals surface area contributed by atoms with Crippen molar-refractivity contribution < 1.29 is 13.2 Å². The summed E-state index contributed by atoms with van der Waals surface area (Å²) >= 11 is 0. The van der Waals surface area contributed by atoms with Crippen LogP contribution in [0, 0.1) is 0 Å². The third-order valence-electron chi connectivity index (χ3n) is 2.38. The van der Waals surface area contributed by atoms with Crippen molar-refractivity contribution in [3.8, 4) is 0 Å². The van der Waals surface area contributed by atoms with Gasteiger partial charge in [-0.3, -0.25) is 9.89 Å². The minimum atomic E-state index is -3.50. The summed E-state index contributed by atoms with van der Waals surface area (Å²) in [6.07, 6.45) is 2.33. The summed E-state index contributed by atoms with van der Waals surface area (Å²) < 4.78 is 21.3. The maximum Gasteiger partial charge on any atom is 0.246 e. The molecular weight excluding hydrogens is 232 g/mol. The summed E-state index contributed by atoms with van der Waals surface area (Å²) in [4.78, 5) is 11.7. The number of hydrogen-bond acceptors (Lipinski definition) is 5. The van der Waals surface area contributed by atoms with Gasteiger partial charge < -0.3 is 11.1 Å². The molecule has 0 aliphatic heterocycles. The van der Waals surface area contributed by atoms with Gasteiger partial charge >= 0.3 is 0 Å². The van der Waals surface area contributed by atoms with Crippen LogP contribution in [0.4, 0.5) is 11.5 Å². The Labute approximate surface area is 93.3 Å². The van der Waals surface area contributed by atoms with Crippen molar-refractivity contribution in [3.63, 3.8) is 0 Å². The zero-order valence-corrected chi connectivity index (χ0v) is 10.1. The predicted octanol–water partition coefficient (Wildman–Crippen LogP) is -0.246. The molecular formula is C8H14N4O3S. The molecule has 1 aromatic rings. The highest BCUT2D eigenvalue weighted by molar-refractivity contribution is 7.92. The molecule has 1 rings (SSSR count). The Morgan fingerprint density at radius 3 is 2.50 bits per heavy atom. The van der Waals surface area contributed by atoms with Crippen LogP contribution in [0.15, 0.2) is 6.20 Å². The first kappa shape index (κ1) is 12.5. The quantitative estimate of drug-likeness (QED) is 0.680. The second kappa shape index (κ2) is 3.78. The lowest BCUT2D eigenvalue weighted by atomic mass is 10.2. The summed E-state index contributed by atoms with van der Waals surface area (Å²) in [5.74, 6) is -0.465. The Morgan fingerprint density at radius 2 is 2.12 bits per heavy atom. The van der Waals surface area contributed by atoms with Crippen LogP contribution in [0.3, 0.4) is 0 Å². The molecule has 0 bridgehead atoms. The van der Waals surface area contributed by atoms with Crippen molar-refractivity contribution in [3.05, 3.63) is 6.20 Å². The molecule has 16 heavy (non-hydrogen) atoms. The van der Waals surface area contributed by atoms with Crippen LogP contribution in [-0.2, 0) is 14.6 Å². The van der Waals surface area contributed by atoms with Gasteiger partial charge in [0.2, 0.25) is 5.91 Å². The van der Waals surface area contributed by atoms with E-state index in [1.54, 1.807) is 0 Å². The molecule has 0 spiro atoms. The number of nitrogens with two attached hydrogens (primary N) is 1. The SMILES string of the molecule is CC(C)(C(=O)Nc1[nH]ncc1N)S(C)(=O)=O. The van der Waals surface area contributed by atoms with Gasteiger partial charge in [-0.05, 0) is 13.8 Å². The number of carbonyl (C=O) groups excluding carboxylic acids is 1. The van der Waals surface area contributed by atoms with Crippen molar-refractivity contribution >= 4 is 27.2 Å². The minimum absolute atomic E-state index is 0.196.